The third kappa shape index (κ3) is 3.95. The minimum absolute atomic E-state index is 0.127. The molecule has 3 aromatic heterocycles. The number of aromatic nitrogens is 6. The number of aryl methyl sites for hydroxylation is 1. The fourth-order valence-corrected chi connectivity index (χ4v) is 4.80. The van der Waals surface area contributed by atoms with Gasteiger partial charge in [-0.2, -0.15) is 4.98 Å². The lowest BCUT2D eigenvalue weighted by atomic mass is 10.1. The Labute approximate surface area is 208 Å². The van der Waals surface area contributed by atoms with Crippen molar-refractivity contribution in [1.29, 1.82) is 0 Å². The van der Waals surface area contributed by atoms with Crippen LogP contribution in [0.3, 0.4) is 0 Å². The second-order valence-electron chi connectivity index (χ2n) is 8.28. The predicted molar refractivity (Wildman–Crippen MR) is 134 cm³/mol. The molecule has 0 aliphatic heterocycles. The van der Waals surface area contributed by atoms with Crippen LogP contribution in [0, 0.1) is 12.7 Å². The predicted octanol–water partition coefficient (Wildman–Crippen LogP) is 4.88. The molecule has 0 bridgehead atoms. The van der Waals surface area contributed by atoms with Crippen LogP contribution in [0.15, 0.2) is 87.3 Å². The summed E-state index contributed by atoms with van der Waals surface area (Å²) in [4.78, 5) is 17.7. The molecule has 0 amide bonds. The Morgan fingerprint density at radius 2 is 1.81 bits per heavy atom. The van der Waals surface area contributed by atoms with Crippen LogP contribution in [0.2, 0.25) is 0 Å². The van der Waals surface area contributed by atoms with Gasteiger partial charge in [-0.15, -0.1) is 10.2 Å². The zero-order chi connectivity index (χ0) is 24.6. The van der Waals surface area contributed by atoms with Crippen molar-refractivity contribution in [2.45, 2.75) is 24.4 Å². The number of halogens is 1. The molecule has 0 spiro atoms. The summed E-state index contributed by atoms with van der Waals surface area (Å²) in [6, 6.07) is 22.0. The third-order valence-corrected chi connectivity index (χ3v) is 6.80. The molecular formula is C26H19FN6O2S. The van der Waals surface area contributed by atoms with Gasteiger partial charge in [0.2, 0.25) is 17.5 Å². The Hall–Kier alpha value is -4.31. The summed E-state index contributed by atoms with van der Waals surface area (Å²) in [5, 5.41) is 13.9. The highest BCUT2D eigenvalue weighted by Gasteiger charge is 2.18. The number of benzene rings is 3. The van der Waals surface area contributed by atoms with E-state index in [9.17, 15) is 9.18 Å². The number of nitrogens with zero attached hydrogens (tertiary/aromatic N) is 6. The minimum atomic E-state index is -0.323. The van der Waals surface area contributed by atoms with Crippen LogP contribution in [0.25, 0.3) is 28.1 Å². The first kappa shape index (κ1) is 22.2. The molecule has 0 unspecified atom stereocenters. The lowest BCUT2D eigenvalue weighted by Crippen LogP contribution is -2.24. The lowest BCUT2D eigenvalue weighted by Gasteiger charge is -2.11. The van der Waals surface area contributed by atoms with Crippen LogP contribution in [-0.2, 0) is 12.3 Å². The maximum atomic E-state index is 13.9. The first-order valence-corrected chi connectivity index (χ1v) is 12.2. The Bertz CT molecular complexity index is 1780. The average molecular weight is 499 g/mol. The summed E-state index contributed by atoms with van der Waals surface area (Å²) in [5.41, 5.74) is 2.67. The maximum Gasteiger partial charge on any atom is 0.263 e. The molecule has 0 aliphatic carbocycles. The van der Waals surface area contributed by atoms with Gasteiger partial charge in [0, 0.05) is 5.56 Å². The van der Waals surface area contributed by atoms with Crippen LogP contribution in [0.4, 0.5) is 4.39 Å². The third-order valence-electron chi connectivity index (χ3n) is 5.88. The maximum absolute atomic E-state index is 13.9. The molecule has 10 heteroatoms. The molecule has 0 radical (unpaired) electrons. The molecule has 3 aromatic carbocycles. The second-order valence-corrected chi connectivity index (χ2v) is 9.22. The lowest BCUT2D eigenvalue weighted by molar-refractivity contribution is 0.391. The molecule has 0 fully saturated rings. The quantitative estimate of drug-likeness (QED) is 0.302. The topological polar surface area (TPSA) is 91.1 Å². The van der Waals surface area contributed by atoms with Crippen molar-refractivity contribution >= 4 is 28.4 Å². The molecule has 0 saturated carbocycles. The summed E-state index contributed by atoms with van der Waals surface area (Å²) in [6.45, 7) is 2.07. The van der Waals surface area contributed by atoms with Crippen molar-refractivity contribution in [3.8, 4) is 11.4 Å². The largest absolute Gasteiger partial charge is 0.338 e. The summed E-state index contributed by atoms with van der Waals surface area (Å²) in [5.74, 6) is 1.14. The first-order chi connectivity index (χ1) is 17.6. The molecule has 178 valence electrons. The molecular weight excluding hydrogens is 479 g/mol. The van der Waals surface area contributed by atoms with Crippen molar-refractivity contribution in [3.63, 3.8) is 0 Å². The summed E-state index contributed by atoms with van der Waals surface area (Å²) >= 11 is 1.36. The van der Waals surface area contributed by atoms with E-state index in [0.717, 1.165) is 11.1 Å². The van der Waals surface area contributed by atoms with Gasteiger partial charge < -0.3 is 4.52 Å². The van der Waals surface area contributed by atoms with E-state index >= 15 is 0 Å². The zero-order valence-corrected chi connectivity index (χ0v) is 19.9. The van der Waals surface area contributed by atoms with Gasteiger partial charge in [0.25, 0.3) is 5.56 Å². The van der Waals surface area contributed by atoms with Gasteiger partial charge in [-0.05, 0) is 36.2 Å². The fraction of sp³-hybridized carbons (Fsp3) is 0.115. The number of thioether (sulfide) groups is 1. The molecule has 0 atom stereocenters. The number of hydrogen-bond donors (Lipinski definition) is 0. The van der Waals surface area contributed by atoms with E-state index in [1.165, 1.54) is 17.8 Å². The van der Waals surface area contributed by atoms with Gasteiger partial charge >= 0.3 is 0 Å². The minimum Gasteiger partial charge on any atom is -0.338 e. The van der Waals surface area contributed by atoms with Crippen LogP contribution >= 0.6 is 11.8 Å². The van der Waals surface area contributed by atoms with Crippen LogP contribution in [-0.4, -0.2) is 29.3 Å². The smallest absolute Gasteiger partial charge is 0.263 e. The number of hydrogen-bond acceptors (Lipinski definition) is 7. The normalized spacial score (nSPS) is 11.5. The van der Waals surface area contributed by atoms with Crippen molar-refractivity contribution in [3.05, 3.63) is 106 Å². The highest BCUT2D eigenvalue weighted by molar-refractivity contribution is 7.98. The first-order valence-electron chi connectivity index (χ1n) is 11.2. The Balaban J connectivity index is 1.36. The van der Waals surface area contributed by atoms with Crippen LogP contribution in [0.5, 0.6) is 0 Å². The van der Waals surface area contributed by atoms with Gasteiger partial charge in [-0.1, -0.05) is 71.5 Å². The van der Waals surface area contributed by atoms with Gasteiger partial charge in [0.15, 0.2) is 5.16 Å². The van der Waals surface area contributed by atoms with E-state index in [2.05, 4.69) is 20.3 Å². The number of rotatable bonds is 6. The van der Waals surface area contributed by atoms with E-state index in [-0.39, 0.29) is 11.4 Å². The van der Waals surface area contributed by atoms with Crippen LogP contribution < -0.4 is 5.56 Å². The van der Waals surface area contributed by atoms with E-state index in [1.807, 2.05) is 52.9 Å². The summed E-state index contributed by atoms with van der Waals surface area (Å²) in [6.07, 6.45) is 0. The molecule has 0 N–H and O–H groups in total. The Kier molecular flexibility index (Phi) is 5.57. The average Bonchev–Trinajstić information content (AvgIpc) is 3.55. The Morgan fingerprint density at radius 1 is 1.00 bits per heavy atom. The molecule has 8 nitrogen and oxygen atoms in total. The summed E-state index contributed by atoms with van der Waals surface area (Å²) in [7, 11) is 0. The standard InChI is InChI=1S/C26H19FN6O2S/c1-16-11-12-18(13-20(16)27)23-28-22(35-31-23)15-36-26-30-29-25-32(14-17-7-3-2-4-8-17)24(34)19-9-5-6-10-21(19)33(25)26/h2-13H,14-15H2,1H3. The number of fused-ring (bicyclic) bond motifs is 3. The molecule has 3 heterocycles. The van der Waals surface area contributed by atoms with Crippen molar-refractivity contribution < 1.29 is 8.91 Å². The SMILES string of the molecule is Cc1ccc(-c2noc(CSc3nnc4n(Cc5ccccc5)c(=O)c5ccccc5n34)n2)cc1F. The van der Waals surface area contributed by atoms with Gasteiger partial charge in [-0.3, -0.25) is 13.8 Å². The molecule has 0 saturated heterocycles. The molecule has 6 aromatic rings. The van der Waals surface area contributed by atoms with E-state index in [4.69, 9.17) is 4.52 Å². The Morgan fingerprint density at radius 3 is 2.64 bits per heavy atom. The number of para-hydroxylation sites is 1. The van der Waals surface area contributed by atoms with Crippen molar-refractivity contribution in [1.82, 2.24) is 29.3 Å². The van der Waals surface area contributed by atoms with E-state index in [0.29, 0.717) is 51.5 Å². The molecule has 36 heavy (non-hydrogen) atoms. The van der Waals surface area contributed by atoms with Crippen molar-refractivity contribution in [2.75, 3.05) is 0 Å². The van der Waals surface area contributed by atoms with Gasteiger partial charge in [0.1, 0.15) is 5.82 Å². The molecule has 6 rings (SSSR count). The monoisotopic (exact) mass is 498 g/mol. The van der Waals surface area contributed by atoms with Crippen LogP contribution in [0.1, 0.15) is 17.0 Å². The summed E-state index contributed by atoms with van der Waals surface area (Å²) < 4.78 is 22.8. The molecule has 0 aliphatic rings. The van der Waals surface area contributed by atoms with Crippen molar-refractivity contribution in [2.24, 2.45) is 0 Å². The highest BCUT2D eigenvalue weighted by atomic mass is 32.2. The fourth-order valence-electron chi connectivity index (χ4n) is 4.02. The van der Waals surface area contributed by atoms with Gasteiger partial charge in [0.05, 0.1) is 23.2 Å². The zero-order valence-electron chi connectivity index (χ0n) is 19.1. The highest BCUT2D eigenvalue weighted by Crippen LogP contribution is 2.26. The van der Waals surface area contributed by atoms with E-state index < -0.39 is 0 Å². The van der Waals surface area contributed by atoms with Gasteiger partial charge in [-0.25, -0.2) is 4.39 Å². The second kappa shape index (κ2) is 9.04. The van der Waals surface area contributed by atoms with E-state index in [1.54, 1.807) is 29.7 Å².